The summed E-state index contributed by atoms with van der Waals surface area (Å²) in [6.45, 7) is 1.81. The van der Waals surface area contributed by atoms with Crippen molar-refractivity contribution in [3.05, 3.63) is 58.4 Å². The molecule has 0 aliphatic heterocycles. The number of carboxylic acid groups (broad SMARTS) is 1. The monoisotopic (exact) mass is 264 g/mol. The maximum absolute atomic E-state index is 13.1. The fourth-order valence-electron chi connectivity index (χ4n) is 1.75. The van der Waals surface area contributed by atoms with Crippen molar-refractivity contribution < 1.29 is 14.3 Å². The molecule has 0 saturated heterocycles. The minimum Gasteiger partial charge on any atom is -0.478 e. The average Bonchev–Trinajstić information content (AvgIpc) is 2.31. The first-order valence-corrected chi connectivity index (χ1v) is 5.65. The van der Waals surface area contributed by atoms with E-state index >= 15 is 0 Å². The number of carboxylic acids is 1. The molecular weight excluding hydrogens is 255 g/mol. The van der Waals surface area contributed by atoms with Gasteiger partial charge in [-0.15, -0.1) is 0 Å². The van der Waals surface area contributed by atoms with Gasteiger partial charge in [0.2, 0.25) is 0 Å². The Kier molecular flexibility index (Phi) is 3.34. The zero-order valence-electron chi connectivity index (χ0n) is 9.58. The van der Waals surface area contributed by atoms with E-state index in [4.69, 9.17) is 16.7 Å². The van der Waals surface area contributed by atoms with Gasteiger partial charge in [-0.25, -0.2) is 9.18 Å². The number of halogens is 2. The molecule has 0 fully saturated rings. The van der Waals surface area contributed by atoms with Gasteiger partial charge in [0.25, 0.3) is 0 Å². The molecule has 2 nitrogen and oxygen atoms in total. The summed E-state index contributed by atoms with van der Waals surface area (Å²) in [5.74, 6) is -1.49. The molecule has 1 N–H and O–H groups in total. The summed E-state index contributed by atoms with van der Waals surface area (Å²) in [5.41, 5.74) is 2.41. The smallest absolute Gasteiger partial charge is 0.335 e. The van der Waals surface area contributed by atoms with E-state index in [9.17, 15) is 9.18 Å². The van der Waals surface area contributed by atoms with Crippen molar-refractivity contribution in [2.75, 3.05) is 0 Å². The highest BCUT2D eigenvalue weighted by atomic mass is 35.5. The number of aromatic carboxylic acids is 1. The molecule has 0 aliphatic rings. The third-order valence-corrected chi connectivity index (χ3v) is 2.87. The second kappa shape index (κ2) is 4.78. The summed E-state index contributed by atoms with van der Waals surface area (Å²) in [7, 11) is 0. The van der Waals surface area contributed by atoms with Crippen LogP contribution in [0.5, 0.6) is 0 Å². The maximum atomic E-state index is 13.1. The Hall–Kier alpha value is -1.87. The van der Waals surface area contributed by atoms with Crippen molar-refractivity contribution in [1.29, 1.82) is 0 Å². The molecule has 0 aliphatic carbocycles. The molecule has 0 atom stereocenters. The Morgan fingerprint density at radius 2 is 1.89 bits per heavy atom. The van der Waals surface area contributed by atoms with Crippen molar-refractivity contribution in [2.24, 2.45) is 0 Å². The van der Waals surface area contributed by atoms with Gasteiger partial charge in [-0.2, -0.15) is 0 Å². The Bertz CT molecular complexity index is 623. The summed E-state index contributed by atoms with van der Waals surface area (Å²) < 4.78 is 13.1. The van der Waals surface area contributed by atoms with Crippen LogP contribution in [0.25, 0.3) is 11.1 Å². The number of hydrogen-bond donors (Lipinski definition) is 1. The lowest BCUT2D eigenvalue weighted by molar-refractivity contribution is 0.0697. The topological polar surface area (TPSA) is 37.3 Å². The van der Waals surface area contributed by atoms with Crippen LogP contribution in [0.1, 0.15) is 15.9 Å². The van der Waals surface area contributed by atoms with E-state index in [0.29, 0.717) is 11.1 Å². The minimum atomic E-state index is -0.992. The third kappa shape index (κ3) is 2.51. The van der Waals surface area contributed by atoms with E-state index in [-0.39, 0.29) is 10.6 Å². The van der Waals surface area contributed by atoms with Gasteiger partial charge in [-0.05, 0) is 47.9 Å². The van der Waals surface area contributed by atoms with Gasteiger partial charge < -0.3 is 5.11 Å². The number of carbonyl (C=O) groups is 1. The zero-order valence-corrected chi connectivity index (χ0v) is 10.3. The van der Waals surface area contributed by atoms with Crippen molar-refractivity contribution >= 4 is 17.6 Å². The van der Waals surface area contributed by atoms with E-state index in [0.717, 1.165) is 5.56 Å². The van der Waals surface area contributed by atoms with E-state index in [1.807, 2.05) is 6.07 Å². The van der Waals surface area contributed by atoms with Gasteiger partial charge in [0, 0.05) is 0 Å². The van der Waals surface area contributed by atoms with Crippen LogP contribution in [0.3, 0.4) is 0 Å². The second-order valence-electron chi connectivity index (χ2n) is 4.02. The van der Waals surface area contributed by atoms with E-state index in [2.05, 4.69) is 0 Å². The van der Waals surface area contributed by atoms with Crippen LogP contribution >= 0.6 is 11.6 Å². The van der Waals surface area contributed by atoms with Crippen LogP contribution in [0.15, 0.2) is 36.4 Å². The lowest BCUT2D eigenvalue weighted by atomic mass is 10.0. The highest BCUT2D eigenvalue weighted by Gasteiger charge is 2.08. The molecule has 18 heavy (non-hydrogen) atoms. The fourth-order valence-corrected chi connectivity index (χ4v) is 1.93. The average molecular weight is 265 g/mol. The Labute approximate surface area is 109 Å². The minimum absolute atomic E-state index is 0.0193. The van der Waals surface area contributed by atoms with Crippen molar-refractivity contribution in [3.63, 3.8) is 0 Å². The molecule has 4 heteroatoms. The Balaban J connectivity index is 2.56. The van der Waals surface area contributed by atoms with Crippen molar-refractivity contribution in [3.8, 4) is 11.1 Å². The van der Waals surface area contributed by atoms with Crippen molar-refractivity contribution in [2.45, 2.75) is 6.92 Å². The lowest BCUT2D eigenvalue weighted by Gasteiger charge is -2.06. The summed E-state index contributed by atoms with van der Waals surface area (Å²) in [6, 6.07) is 9.27. The Morgan fingerprint density at radius 1 is 1.17 bits per heavy atom. The van der Waals surface area contributed by atoms with Gasteiger partial charge in [-0.3, -0.25) is 0 Å². The first kappa shape index (κ1) is 12.6. The van der Waals surface area contributed by atoms with Gasteiger partial charge in [0.1, 0.15) is 5.82 Å². The molecule has 0 spiro atoms. The molecule has 92 valence electrons. The second-order valence-corrected chi connectivity index (χ2v) is 4.43. The quantitative estimate of drug-likeness (QED) is 0.885. The molecule has 0 amide bonds. The molecule has 2 aromatic carbocycles. The van der Waals surface area contributed by atoms with Gasteiger partial charge in [0.15, 0.2) is 0 Å². The van der Waals surface area contributed by atoms with Crippen LogP contribution in [-0.2, 0) is 0 Å². The summed E-state index contributed by atoms with van der Waals surface area (Å²) >= 11 is 5.71. The first-order valence-electron chi connectivity index (χ1n) is 5.28. The summed E-state index contributed by atoms with van der Waals surface area (Å²) in [6.07, 6.45) is 0. The first-order chi connectivity index (χ1) is 8.47. The van der Waals surface area contributed by atoms with Crippen LogP contribution in [0, 0.1) is 12.7 Å². The van der Waals surface area contributed by atoms with E-state index < -0.39 is 11.8 Å². The molecular formula is C14H10ClFO2. The molecule has 0 saturated carbocycles. The van der Waals surface area contributed by atoms with Crippen LogP contribution in [0.4, 0.5) is 4.39 Å². The van der Waals surface area contributed by atoms with E-state index in [1.54, 1.807) is 25.1 Å². The highest BCUT2D eigenvalue weighted by Crippen LogP contribution is 2.26. The number of rotatable bonds is 2. The lowest BCUT2D eigenvalue weighted by Crippen LogP contribution is -1.97. The summed E-state index contributed by atoms with van der Waals surface area (Å²) in [5, 5.41) is 9.01. The highest BCUT2D eigenvalue weighted by molar-refractivity contribution is 6.31. The Morgan fingerprint density at radius 3 is 2.50 bits per heavy atom. The third-order valence-electron chi connectivity index (χ3n) is 2.58. The largest absolute Gasteiger partial charge is 0.478 e. The van der Waals surface area contributed by atoms with Crippen molar-refractivity contribution in [1.82, 2.24) is 0 Å². The molecule has 0 heterocycles. The van der Waals surface area contributed by atoms with Gasteiger partial charge >= 0.3 is 5.97 Å². The number of benzene rings is 2. The van der Waals surface area contributed by atoms with Crippen LogP contribution in [0.2, 0.25) is 5.02 Å². The maximum Gasteiger partial charge on any atom is 0.335 e. The van der Waals surface area contributed by atoms with Crippen LogP contribution in [-0.4, -0.2) is 11.1 Å². The van der Waals surface area contributed by atoms with Gasteiger partial charge in [0.05, 0.1) is 10.6 Å². The SMILES string of the molecule is Cc1cc(C(=O)O)cc(-c2ccc(F)c(Cl)c2)c1. The normalized spacial score (nSPS) is 10.4. The number of aryl methyl sites for hydroxylation is 1. The predicted molar refractivity (Wildman–Crippen MR) is 68.5 cm³/mol. The molecule has 0 bridgehead atoms. The molecule has 2 rings (SSSR count). The predicted octanol–water partition coefficient (Wildman–Crippen LogP) is 4.15. The van der Waals surface area contributed by atoms with Crippen LogP contribution < -0.4 is 0 Å². The number of hydrogen-bond acceptors (Lipinski definition) is 1. The molecule has 0 radical (unpaired) electrons. The fraction of sp³-hybridized carbons (Fsp3) is 0.0714. The summed E-state index contributed by atoms with van der Waals surface area (Å²) in [4.78, 5) is 11.0. The standard InChI is InChI=1S/C14H10ClFO2/c1-8-4-10(6-11(5-8)14(17)18)9-2-3-13(16)12(15)7-9/h2-7H,1H3,(H,17,18). The molecule has 0 unspecified atom stereocenters. The zero-order chi connectivity index (χ0) is 13.3. The van der Waals surface area contributed by atoms with Gasteiger partial charge in [-0.1, -0.05) is 23.7 Å². The van der Waals surface area contributed by atoms with E-state index in [1.165, 1.54) is 12.1 Å². The molecule has 2 aromatic rings. The molecule has 0 aromatic heterocycles.